The molecule has 162 valence electrons. The van der Waals surface area contributed by atoms with Crippen molar-refractivity contribution < 1.29 is 14.7 Å². The number of allylic oxidation sites excluding steroid dienone is 1. The number of aliphatic hydroxyl groups excluding tert-OH is 1. The fourth-order valence-corrected chi connectivity index (χ4v) is 5.00. The van der Waals surface area contributed by atoms with E-state index in [-0.39, 0.29) is 30.5 Å². The number of rotatable bonds is 5. The third-order valence-electron chi connectivity index (χ3n) is 6.35. The third-order valence-corrected chi connectivity index (χ3v) is 6.35. The third kappa shape index (κ3) is 3.49. The quantitative estimate of drug-likeness (QED) is 0.776. The van der Waals surface area contributed by atoms with Gasteiger partial charge in [-0.15, -0.1) is 0 Å². The summed E-state index contributed by atoms with van der Waals surface area (Å²) < 4.78 is 1.67. The Morgan fingerprint density at radius 1 is 1.19 bits per heavy atom. The summed E-state index contributed by atoms with van der Waals surface area (Å²) in [5.74, 6) is -1.47. The van der Waals surface area contributed by atoms with Crippen molar-refractivity contribution in [1.29, 1.82) is 0 Å². The van der Waals surface area contributed by atoms with Crippen LogP contribution in [0.25, 0.3) is 6.08 Å². The van der Waals surface area contributed by atoms with Crippen molar-refractivity contribution in [2.75, 3.05) is 11.9 Å². The molecule has 0 spiro atoms. The maximum Gasteiger partial charge on any atom is 0.258 e. The van der Waals surface area contributed by atoms with Crippen molar-refractivity contribution in [3.05, 3.63) is 70.2 Å². The van der Waals surface area contributed by atoms with Crippen LogP contribution in [-0.4, -0.2) is 39.0 Å². The monoisotopic (exact) mass is 421 g/mol. The summed E-state index contributed by atoms with van der Waals surface area (Å²) in [5.41, 5.74) is 1.71. The Labute approximate surface area is 181 Å². The van der Waals surface area contributed by atoms with Crippen LogP contribution in [0.3, 0.4) is 0 Å². The lowest BCUT2D eigenvalue weighted by molar-refractivity contribution is -0.136. The average molecular weight is 421 g/mol. The van der Waals surface area contributed by atoms with Crippen LogP contribution in [0.15, 0.2) is 53.3 Å². The van der Waals surface area contributed by atoms with Crippen molar-refractivity contribution >= 4 is 23.6 Å². The first-order valence-corrected chi connectivity index (χ1v) is 10.7. The number of nitrogens with zero attached hydrogens (tertiary/aromatic N) is 2. The molecule has 0 radical (unpaired) electrons. The van der Waals surface area contributed by atoms with Gasteiger partial charge in [-0.2, -0.15) is 0 Å². The topological polar surface area (TPSA) is 91.6 Å². The largest absolute Gasteiger partial charge is 0.396 e. The van der Waals surface area contributed by atoms with Crippen molar-refractivity contribution in [2.45, 2.75) is 38.9 Å². The first-order valence-electron chi connectivity index (χ1n) is 10.7. The predicted octanol–water partition coefficient (Wildman–Crippen LogP) is 2.42. The molecular formula is C24H27N3O4. The molecule has 1 aromatic carbocycles. The molecule has 3 heterocycles. The van der Waals surface area contributed by atoms with E-state index in [1.807, 2.05) is 31.2 Å². The van der Waals surface area contributed by atoms with E-state index in [9.17, 15) is 19.5 Å². The second-order valence-electron chi connectivity index (χ2n) is 8.02. The number of benzene rings is 1. The van der Waals surface area contributed by atoms with Crippen molar-refractivity contribution in [2.24, 2.45) is 11.8 Å². The Hall–Kier alpha value is -3.19. The molecule has 4 rings (SSSR count). The van der Waals surface area contributed by atoms with E-state index in [0.29, 0.717) is 23.4 Å². The first kappa shape index (κ1) is 21.1. The molecule has 7 heteroatoms. The lowest BCUT2D eigenvalue weighted by Gasteiger charge is -2.38. The number of hydrogen-bond acceptors (Lipinski definition) is 4. The van der Waals surface area contributed by atoms with Crippen LogP contribution in [0, 0.1) is 11.8 Å². The van der Waals surface area contributed by atoms with Gasteiger partial charge < -0.3 is 19.9 Å². The first-order chi connectivity index (χ1) is 15.0. The minimum atomic E-state index is -0.661. The van der Waals surface area contributed by atoms with Gasteiger partial charge in [0.1, 0.15) is 0 Å². The number of carbonyl (C=O) groups excluding carboxylic acids is 2. The number of carbonyl (C=O) groups is 2. The zero-order chi connectivity index (χ0) is 22.1. The molecule has 7 nitrogen and oxygen atoms in total. The molecule has 2 bridgehead atoms. The van der Waals surface area contributed by atoms with Gasteiger partial charge in [-0.1, -0.05) is 37.3 Å². The molecule has 0 saturated carbocycles. The Morgan fingerprint density at radius 3 is 2.58 bits per heavy atom. The van der Waals surface area contributed by atoms with Crippen LogP contribution in [0.2, 0.25) is 0 Å². The van der Waals surface area contributed by atoms with Gasteiger partial charge in [-0.25, -0.2) is 0 Å². The number of anilines is 1. The summed E-state index contributed by atoms with van der Waals surface area (Å²) in [6, 6.07) is 11.7. The van der Waals surface area contributed by atoms with E-state index in [1.165, 1.54) is 0 Å². The molecule has 31 heavy (non-hydrogen) atoms. The van der Waals surface area contributed by atoms with Crippen molar-refractivity contribution in [1.82, 2.24) is 9.47 Å². The zero-order valence-corrected chi connectivity index (χ0v) is 17.7. The summed E-state index contributed by atoms with van der Waals surface area (Å²) in [6.07, 6.45) is 3.85. The van der Waals surface area contributed by atoms with Crippen molar-refractivity contribution in [3.63, 3.8) is 0 Å². The summed E-state index contributed by atoms with van der Waals surface area (Å²) >= 11 is 0. The zero-order valence-electron chi connectivity index (χ0n) is 17.7. The molecule has 2 aliphatic rings. The van der Waals surface area contributed by atoms with Crippen LogP contribution >= 0.6 is 0 Å². The highest BCUT2D eigenvalue weighted by atomic mass is 16.3. The number of aromatic nitrogens is 1. The number of nitrogens with one attached hydrogen (secondary N) is 1. The van der Waals surface area contributed by atoms with Gasteiger partial charge in [-0.05, 0) is 31.2 Å². The van der Waals surface area contributed by atoms with E-state index in [2.05, 4.69) is 5.32 Å². The number of amides is 2. The van der Waals surface area contributed by atoms with Crippen LogP contribution < -0.4 is 10.9 Å². The Bertz CT molecular complexity index is 1080. The van der Waals surface area contributed by atoms with Gasteiger partial charge in [0.15, 0.2) is 0 Å². The molecule has 1 saturated heterocycles. The molecule has 2 N–H and O–H groups in total. The summed E-state index contributed by atoms with van der Waals surface area (Å²) in [6.45, 7) is 3.65. The van der Waals surface area contributed by atoms with Crippen LogP contribution in [0.4, 0.5) is 5.69 Å². The highest BCUT2D eigenvalue weighted by Gasteiger charge is 2.57. The Balaban J connectivity index is 1.82. The lowest BCUT2D eigenvalue weighted by Crippen LogP contribution is -2.49. The summed E-state index contributed by atoms with van der Waals surface area (Å²) in [5, 5.41) is 13.2. The van der Waals surface area contributed by atoms with Crippen LogP contribution in [0.1, 0.15) is 37.6 Å². The summed E-state index contributed by atoms with van der Waals surface area (Å²) in [4.78, 5) is 41.1. The Kier molecular flexibility index (Phi) is 5.78. The number of hydrogen-bond donors (Lipinski definition) is 2. The number of pyridine rings is 1. The van der Waals surface area contributed by atoms with Crippen molar-refractivity contribution in [3.8, 4) is 0 Å². The second kappa shape index (κ2) is 8.51. The van der Waals surface area contributed by atoms with E-state index < -0.39 is 23.9 Å². The Morgan fingerprint density at radius 2 is 1.94 bits per heavy atom. The van der Waals surface area contributed by atoms with Gasteiger partial charge in [0.05, 0.1) is 18.0 Å². The second-order valence-corrected chi connectivity index (χ2v) is 8.02. The maximum atomic E-state index is 13.4. The summed E-state index contributed by atoms with van der Waals surface area (Å²) in [7, 11) is 0. The number of aliphatic hydroxyl groups is 1. The molecule has 0 aliphatic carbocycles. The van der Waals surface area contributed by atoms with Gasteiger partial charge >= 0.3 is 0 Å². The highest BCUT2D eigenvalue weighted by molar-refractivity contribution is 5.94. The smallest absolute Gasteiger partial charge is 0.258 e. The van der Waals surface area contributed by atoms with E-state index in [1.54, 1.807) is 46.7 Å². The SMILES string of the molecule is C/C=C\c1ccc2n(c1=O)C[C@@H]1[C@@H](CO)[C@H](C(=O)Nc3ccccc3)[C@H]2N1C(=O)CC. The van der Waals surface area contributed by atoms with E-state index in [4.69, 9.17) is 0 Å². The fraction of sp³-hybridized carbons (Fsp3) is 0.375. The average Bonchev–Trinajstić information content (AvgIpc) is 3.02. The molecule has 4 atom stereocenters. The fourth-order valence-electron chi connectivity index (χ4n) is 5.00. The number of para-hydroxylation sites is 1. The molecular weight excluding hydrogens is 394 g/mol. The molecule has 2 aliphatic heterocycles. The minimum Gasteiger partial charge on any atom is -0.396 e. The van der Waals surface area contributed by atoms with Gasteiger partial charge in [-0.3, -0.25) is 14.4 Å². The molecule has 1 fully saturated rings. The minimum absolute atomic E-state index is 0.0836. The maximum absolute atomic E-state index is 13.4. The molecule has 0 unspecified atom stereocenters. The predicted molar refractivity (Wildman–Crippen MR) is 118 cm³/mol. The highest BCUT2D eigenvalue weighted by Crippen LogP contribution is 2.48. The van der Waals surface area contributed by atoms with E-state index >= 15 is 0 Å². The van der Waals surface area contributed by atoms with Gasteiger partial charge in [0, 0.05) is 42.4 Å². The van der Waals surface area contributed by atoms with Crippen LogP contribution in [-0.2, 0) is 16.1 Å². The van der Waals surface area contributed by atoms with Gasteiger partial charge in [0.2, 0.25) is 11.8 Å². The van der Waals surface area contributed by atoms with Crippen LogP contribution in [0.5, 0.6) is 0 Å². The lowest BCUT2D eigenvalue weighted by atomic mass is 9.86. The molecule has 2 amide bonds. The standard InChI is InChI=1S/C24H27N3O4/c1-3-8-15-11-12-18-22-21(23(30)25-16-9-6-5-7-10-16)17(14-28)19(13-26(18)24(15)31)27(22)20(29)4-2/h3,5-12,17,19,21-22,28H,4,13-14H2,1-2H3,(H,25,30)/b8-3-/t17-,19-,21+,22+/m1/s1. The molecule has 2 aromatic rings. The molecule has 1 aromatic heterocycles. The normalized spacial score (nSPS) is 24.3. The van der Waals surface area contributed by atoms with E-state index in [0.717, 1.165) is 0 Å². The number of fused-ring (bicyclic) bond motifs is 4. The van der Waals surface area contributed by atoms with Gasteiger partial charge in [0.25, 0.3) is 5.56 Å².